The monoisotopic (exact) mass is 284 g/mol. The van der Waals surface area contributed by atoms with Crippen molar-refractivity contribution in [3.63, 3.8) is 0 Å². The van der Waals surface area contributed by atoms with E-state index in [9.17, 15) is 4.79 Å². The van der Waals surface area contributed by atoms with Gasteiger partial charge in [-0.2, -0.15) is 0 Å². The van der Waals surface area contributed by atoms with Crippen LogP contribution >= 0.6 is 0 Å². The molecule has 0 aliphatic rings. The Morgan fingerprint density at radius 1 is 1.19 bits per heavy atom. The summed E-state index contributed by atoms with van der Waals surface area (Å²) >= 11 is 0. The molecule has 3 nitrogen and oxygen atoms in total. The van der Waals surface area contributed by atoms with E-state index in [1.54, 1.807) is 4.57 Å². The summed E-state index contributed by atoms with van der Waals surface area (Å²) in [4.78, 5) is 14.9. The number of fused-ring (bicyclic) bond motifs is 1. The number of hydrogen-bond acceptors (Lipinski definition) is 1. The van der Waals surface area contributed by atoms with Crippen LogP contribution in [0.3, 0.4) is 0 Å². The first-order valence-corrected chi connectivity index (χ1v) is 7.65. The van der Waals surface area contributed by atoms with Gasteiger partial charge in [0.05, 0.1) is 11.0 Å². The van der Waals surface area contributed by atoms with Gasteiger partial charge in [0.25, 0.3) is 0 Å². The molecule has 0 spiro atoms. The summed E-state index contributed by atoms with van der Waals surface area (Å²) in [5.74, 6) is 0. The summed E-state index contributed by atoms with van der Waals surface area (Å²) < 4.78 is 1.78. The molecular weight excluding hydrogens is 260 g/mol. The molecule has 21 heavy (non-hydrogen) atoms. The Morgan fingerprint density at radius 2 is 1.90 bits per heavy atom. The third-order valence-electron chi connectivity index (χ3n) is 3.89. The van der Waals surface area contributed by atoms with E-state index in [2.05, 4.69) is 37.9 Å². The van der Waals surface area contributed by atoms with E-state index in [0.29, 0.717) is 6.54 Å². The summed E-state index contributed by atoms with van der Waals surface area (Å²) in [5, 5.41) is 0. The van der Waals surface area contributed by atoms with Crippen molar-refractivity contribution in [2.24, 2.45) is 0 Å². The highest BCUT2D eigenvalue weighted by Crippen LogP contribution is 2.13. The topological polar surface area (TPSA) is 37.8 Å². The molecule has 0 bridgehead atoms. The van der Waals surface area contributed by atoms with E-state index in [-0.39, 0.29) is 5.69 Å². The number of imidazole rings is 1. The van der Waals surface area contributed by atoms with Crippen molar-refractivity contribution in [3.05, 3.63) is 58.0 Å². The van der Waals surface area contributed by atoms with Crippen LogP contribution in [-0.2, 0) is 6.54 Å². The Labute approximate surface area is 126 Å². The van der Waals surface area contributed by atoms with E-state index in [1.165, 1.54) is 24.0 Å². The maximum Gasteiger partial charge on any atom is 0.326 e. The average Bonchev–Trinajstić information content (AvgIpc) is 2.80. The van der Waals surface area contributed by atoms with Gasteiger partial charge < -0.3 is 4.98 Å². The van der Waals surface area contributed by atoms with Crippen molar-refractivity contribution in [2.75, 3.05) is 0 Å². The standard InChI is InChI=1S/C18H24N2O/c1-4-5-6-9-14(2)15(3)12-13-20-17-11-8-7-10-16(17)19-18(20)21/h7-12H,4-6,13H2,1-3H3,(H,19,21)/b14-9+,15-12+. The first-order valence-electron chi connectivity index (χ1n) is 7.65. The Hall–Kier alpha value is -2.03. The molecule has 0 amide bonds. The van der Waals surface area contributed by atoms with Gasteiger partial charge in [-0.05, 0) is 32.4 Å². The Bertz CT molecular complexity index is 716. The number of aromatic amines is 1. The van der Waals surface area contributed by atoms with E-state index < -0.39 is 0 Å². The van der Waals surface area contributed by atoms with Crippen molar-refractivity contribution >= 4 is 11.0 Å². The second-order valence-corrected chi connectivity index (χ2v) is 5.47. The number of nitrogens with one attached hydrogen (secondary N) is 1. The van der Waals surface area contributed by atoms with Crippen molar-refractivity contribution in [3.8, 4) is 0 Å². The summed E-state index contributed by atoms with van der Waals surface area (Å²) in [7, 11) is 0. The fraction of sp³-hybridized carbons (Fsp3) is 0.389. The van der Waals surface area contributed by atoms with Crippen LogP contribution in [0, 0.1) is 0 Å². The molecule has 1 aromatic carbocycles. The Morgan fingerprint density at radius 3 is 2.67 bits per heavy atom. The van der Waals surface area contributed by atoms with Gasteiger partial charge in [-0.3, -0.25) is 4.57 Å². The Balaban J connectivity index is 2.17. The van der Waals surface area contributed by atoms with Crippen molar-refractivity contribution in [1.29, 1.82) is 0 Å². The van der Waals surface area contributed by atoms with Gasteiger partial charge in [0.2, 0.25) is 0 Å². The highest BCUT2D eigenvalue weighted by molar-refractivity contribution is 5.74. The predicted molar refractivity (Wildman–Crippen MR) is 89.6 cm³/mol. The molecule has 0 unspecified atom stereocenters. The van der Waals surface area contributed by atoms with E-state index in [0.717, 1.165) is 17.5 Å². The lowest BCUT2D eigenvalue weighted by Gasteiger charge is -2.04. The van der Waals surface area contributed by atoms with Gasteiger partial charge in [0.15, 0.2) is 0 Å². The van der Waals surface area contributed by atoms with Gasteiger partial charge in [-0.25, -0.2) is 4.79 Å². The van der Waals surface area contributed by atoms with Crippen LogP contribution in [0.15, 0.2) is 52.4 Å². The second-order valence-electron chi connectivity index (χ2n) is 5.47. The molecule has 0 saturated heterocycles. The number of nitrogens with zero attached hydrogens (tertiary/aromatic N) is 1. The van der Waals surface area contributed by atoms with E-state index >= 15 is 0 Å². The fourth-order valence-electron chi connectivity index (χ4n) is 2.36. The molecule has 2 aromatic rings. The van der Waals surface area contributed by atoms with Crippen LogP contribution in [-0.4, -0.2) is 9.55 Å². The van der Waals surface area contributed by atoms with Gasteiger partial charge in [0, 0.05) is 6.54 Å². The molecule has 0 aliphatic heterocycles. The lowest BCUT2D eigenvalue weighted by atomic mass is 10.1. The summed E-state index contributed by atoms with van der Waals surface area (Å²) in [6.07, 6.45) is 7.98. The zero-order chi connectivity index (χ0) is 15.2. The molecule has 0 radical (unpaired) electrons. The van der Waals surface area contributed by atoms with Crippen LogP contribution in [0.4, 0.5) is 0 Å². The third kappa shape index (κ3) is 3.75. The highest BCUT2D eigenvalue weighted by Gasteiger charge is 2.04. The van der Waals surface area contributed by atoms with Crippen LogP contribution in [0.1, 0.15) is 40.0 Å². The molecule has 0 atom stereocenters. The number of rotatable bonds is 6. The van der Waals surface area contributed by atoms with Crippen LogP contribution in [0.2, 0.25) is 0 Å². The Kier molecular flexibility index (Phi) is 5.20. The number of hydrogen-bond donors (Lipinski definition) is 1. The predicted octanol–water partition coefficient (Wildman–Crippen LogP) is 4.41. The average molecular weight is 284 g/mol. The quantitative estimate of drug-likeness (QED) is 0.619. The van der Waals surface area contributed by atoms with Crippen LogP contribution in [0.5, 0.6) is 0 Å². The largest absolute Gasteiger partial charge is 0.326 e. The van der Waals surface area contributed by atoms with Crippen LogP contribution < -0.4 is 5.69 Å². The van der Waals surface area contributed by atoms with Crippen molar-refractivity contribution < 1.29 is 0 Å². The zero-order valence-corrected chi connectivity index (χ0v) is 13.1. The molecule has 2 rings (SSSR count). The van der Waals surface area contributed by atoms with E-state index in [4.69, 9.17) is 0 Å². The molecule has 1 N–H and O–H groups in total. The molecular formula is C18H24N2O. The first kappa shape index (κ1) is 15.4. The number of H-pyrrole nitrogens is 1. The maximum atomic E-state index is 12.0. The number of benzene rings is 1. The summed E-state index contributed by atoms with van der Waals surface area (Å²) in [5.41, 5.74) is 4.34. The number of allylic oxidation sites excluding steroid dienone is 4. The highest BCUT2D eigenvalue weighted by atomic mass is 16.1. The molecule has 0 aliphatic carbocycles. The number of para-hydroxylation sites is 2. The van der Waals surface area contributed by atoms with Crippen molar-refractivity contribution in [1.82, 2.24) is 9.55 Å². The van der Waals surface area contributed by atoms with E-state index in [1.807, 2.05) is 24.3 Å². The summed E-state index contributed by atoms with van der Waals surface area (Å²) in [6.45, 7) is 7.06. The minimum Gasteiger partial charge on any atom is -0.306 e. The van der Waals surface area contributed by atoms with Gasteiger partial charge >= 0.3 is 5.69 Å². The van der Waals surface area contributed by atoms with Gasteiger partial charge in [-0.15, -0.1) is 0 Å². The minimum atomic E-state index is -0.0483. The van der Waals surface area contributed by atoms with Gasteiger partial charge in [-0.1, -0.05) is 55.2 Å². The van der Waals surface area contributed by atoms with Crippen LogP contribution in [0.25, 0.3) is 11.0 Å². The molecule has 112 valence electrons. The number of aromatic nitrogens is 2. The number of unbranched alkanes of at least 4 members (excludes halogenated alkanes) is 2. The lowest BCUT2D eigenvalue weighted by Crippen LogP contribution is -2.15. The molecule has 3 heteroatoms. The SMILES string of the molecule is CCCC/C=C(C)/C(C)=C/Cn1c(=O)[nH]c2ccccc21. The van der Waals surface area contributed by atoms with Crippen molar-refractivity contribution in [2.45, 2.75) is 46.6 Å². The van der Waals surface area contributed by atoms with Gasteiger partial charge in [0.1, 0.15) is 0 Å². The molecule has 0 saturated carbocycles. The third-order valence-corrected chi connectivity index (χ3v) is 3.89. The smallest absolute Gasteiger partial charge is 0.306 e. The zero-order valence-electron chi connectivity index (χ0n) is 13.1. The normalized spacial score (nSPS) is 13.1. The molecule has 1 heterocycles. The minimum absolute atomic E-state index is 0.0483. The second kappa shape index (κ2) is 7.11. The molecule has 0 fully saturated rings. The molecule has 1 aromatic heterocycles. The summed E-state index contributed by atoms with van der Waals surface area (Å²) in [6, 6.07) is 7.79. The lowest BCUT2D eigenvalue weighted by molar-refractivity contribution is 0.800. The maximum absolute atomic E-state index is 12.0. The first-order chi connectivity index (χ1) is 10.1. The fourth-order valence-corrected chi connectivity index (χ4v) is 2.36.